The quantitative estimate of drug-likeness (QED) is 0.788. The number of benzene rings is 1. The molecule has 2 atom stereocenters. The van der Waals surface area contributed by atoms with E-state index in [9.17, 15) is 9.59 Å². The van der Waals surface area contributed by atoms with Gasteiger partial charge in [-0.05, 0) is 37.4 Å². The van der Waals surface area contributed by atoms with Crippen LogP contribution in [0.15, 0.2) is 29.1 Å². The van der Waals surface area contributed by atoms with Gasteiger partial charge in [0.15, 0.2) is 0 Å². The number of para-hydroxylation sites is 1. The van der Waals surface area contributed by atoms with Crippen molar-refractivity contribution < 1.29 is 4.79 Å². The number of hydrogen-bond donors (Lipinski definition) is 3. The van der Waals surface area contributed by atoms with E-state index in [0.29, 0.717) is 5.92 Å². The maximum Gasteiger partial charge on any atom is 0.261 e. The summed E-state index contributed by atoms with van der Waals surface area (Å²) in [6, 6.07) is 7.60. The molecule has 1 aromatic heterocycles. The van der Waals surface area contributed by atoms with Crippen LogP contribution < -0.4 is 16.2 Å². The number of hydrogen-bond acceptors (Lipinski definition) is 3. The maximum absolute atomic E-state index is 12.6. The Balaban J connectivity index is 1.95. The number of aromatic amines is 1. The van der Waals surface area contributed by atoms with E-state index in [0.717, 1.165) is 36.0 Å². The number of fused-ring (bicyclic) bond motifs is 1. The monoisotopic (exact) mass is 299 g/mol. The van der Waals surface area contributed by atoms with Crippen molar-refractivity contribution in [2.24, 2.45) is 5.92 Å². The third kappa shape index (κ3) is 2.64. The lowest BCUT2D eigenvalue weighted by atomic mass is 9.94. The Morgan fingerprint density at radius 3 is 2.86 bits per heavy atom. The van der Waals surface area contributed by atoms with Crippen LogP contribution in [0.5, 0.6) is 0 Å². The van der Waals surface area contributed by atoms with Gasteiger partial charge in [0.25, 0.3) is 11.5 Å². The van der Waals surface area contributed by atoms with E-state index in [1.54, 1.807) is 0 Å². The van der Waals surface area contributed by atoms with Crippen LogP contribution in [0.2, 0.25) is 0 Å². The number of piperidine rings is 1. The number of rotatable bonds is 2. The molecule has 5 heteroatoms. The van der Waals surface area contributed by atoms with Crippen molar-refractivity contribution in [3.63, 3.8) is 0 Å². The molecule has 1 amide bonds. The number of aryl methyl sites for hydroxylation is 1. The van der Waals surface area contributed by atoms with E-state index >= 15 is 0 Å². The topological polar surface area (TPSA) is 74.0 Å². The zero-order valence-electron chi connectivity index (χ0n) is 12.9. The Kier molecular flexibility index (Phi) is 3.98. The predicted molar refractivity (Wildman–Crippen MR) is 87.2 cm³/mol. The summed E-state index contributed by atoms with van der Waals surface area (Å²) in [5.74, 6) is 0.120. The van der Waals surface area contributed by atoms with Gasteiger partial charge in [-0.2, -0.15) is 0 Å². The third-order valence-corrected chi connectivity index (χ3v) is 4.55. The second-order valence-corrected chi connectivity index (χ2v) is 6.05. The Hall–Kier alpha value is -2.14. The molecule has 0 spiro atoms. The van der Waals surface area contributed by atoms with Crippen molar-refractivity contribution in [2.75, 3.05) is 13.1 Å². The van der Waals surface area contributed by atoms with Crippen LogP contribution in [0.1, 0.15) is 29.3 Å². The van der Waals surface area contributed by atoms with Crippen molar-refractivity contribution in [1.29, 1.82) is 0 Å². The molecule has 0 bridgehead atoms. The molecule has 1 aliphatic rings. The van der Waals surface area contributed by atoms with Gasteiger partial charge in [-0.1, -0.05) is 25.1 Å². The zero-order valence-corrected chi connectivity index (χ0v) is 12.9. The first-order chi connectivity index (χ1) is 10.6. The summed E-state index contributed by atoms with van der Waals surface area (Å²) < 4.78 is 0. The van der Waals surface area contributed by atoms with Crippen molar-refractivity contribution in [2.45, 2.75) is 26.3 Å². The summed E-state index contributed by atoms with van der Waals surface area (Å²) in [6.45, 7) is 5.68. The molecular weight excluding hydrogens is 278 g/mol. The van der Waals surface area contributed by atoms with Gasteiger partial charge in [0, 0.05) is 23.5 Å². The number of amides is 1. The van der Waals surface area contributed by atoms with E-state index in [4.69, 9.17) is 0 Å². The standard InChI is InChI=1S/C17H21N3O2/c1-10-7-8-18-9-14(10)20-17(22)15-11(2)12-5-3-4-6-13(12)19-16(15)21/h3-6,10,14,18H,7-9H2,1-2H3,(H,19,21)(H,20,22). The first-order valence-electron chi connectivity index (χ1n) is 7.71. The lowest BCUT2D eigenvalue weighted by Crippen LogP contribution is -2.51. The molecule has 1 fully saturated rings. The molecule has 0 aliphatic carbocycles. The fourth-order valence-corrected chi connectivity index (χ4v) is 3.11. The summed E-state index contributed by atoms with van der Waals surface area (Å²) in [4.78, 5) is 27.7. The van der Waals surface area contributed by atoms with E-state index < -0.39 is 0 Å². The second kappa shape index (κ2) is 5.93. The molecule has 0 saturated carbocycles. The van der Waals surface area contributed by atoms with Crippen molar-refractivity contribution >= 4 is 16.8 Å². The van der Waals surface area contributed by atoms with Crippen LogP contribution in [0.25, 0.3) is 10.9 Å². The molecule has 2 unspecified atom stereocenters. The number of aromatic nitrogens is 1. The SMILES string of the molecule is Cc1c(C(=O)NC2CNCCC2C)c(=O)[nH]c2ccccc12. The number of pyridine rings is 1. The smallest absolute Gasteiger partial charge is 0.261 e. The van der Waals surface area contributed by atoms with Gasteiger partial charge in [-0.15, -0.1) is 0 Å². The Morgan fingerprint density at radius 2 is 2.09 bits per heavy atom. The largest absolute Gasteiger partial charge is 0.348 e. The first kappa shape index (κ1) is 14.8. The molecule has 2 heterocycles. The van der Waals surface area contributed by atoms with Crippen molar-refractivity contribution in [3.05, 3.63) is 45.7 Å². The number of carbonyl (C=O) groups is 1. The molecular formula is C17H21N3O2. The summed E-state index contributed by atoms with van der Waals surface area (Å²) >= 11 is 0. The number of carbonyl (C=O) groups excluding carboxylic acids is 1. The highest BCUT2D eigenvalue weighted by Gasteiger charge is 2.25. The fourth-order valence-electron chi connectivity index (χ4n) is 3.11. The van der Waals surface area contributed by atoms with Gasteiger partial charge in [0.05, 0.1) is 0 Å². The van der Waals surface area contributed by atoms with E-state index in [2.05, 4.69) is 22.5 Å². The van der Waals surface area contributed by atoms with Crippen LogP contribution in [0, 0.1) is 12.8 Å². The van der Waals surface area contributed by atoms with Crippen LogP contribution in [-0.4, -0.2) is 30.0 Å². The number of H-pyrrole nitrogens is 1. The predicted octanol–water partition coefficient (Wildman–Crippen LogP) is 1.56. The first-order valence-corrected chi connectivity index (χ1v) is 7.71. The van der Waals surface area contributed by atoms with Gasteiger partial charge in [-0.25, -0.2) is 0 Å². The highest BCUT2D eigenvalue weighted by molar-refractivity contribution is 6.00. The van der Waals surface area contributed by atoms with Crippen LogP contribution in [-0.2, 0) is 0 Å². The average molecular weight is 299 g/mol. The molecule has 2 aromatic rings. The molecule has 0 radical (unpaired) electrons. The van der Waals surface area contributed by atoms with Crippen molar-refractivity contribution in [3.8, 4) is 0 Å². The van der Waals surface area contributed by atoms with Gasteiger partial charge < -0.3 is 15.6 Å². The highest BCUT2D eigenvalue weighted by Crippen LogP contribution is 2.18. The maximum atomic E-state index is 12.6. The minimum absolute atomic E-state index is 0.0616. The molecule has 22 heavy (non-hydrogen) atoms. The summed E-state index contributed by atoms with van der Waals surface area (Å²) in [7, 11) is 0. The van der Waals surface area contributed by atoms with Gasteiger partial charge >= 0.3 is 0 Å². The zero-order chi connectivity index (χ0) is 15.7. The fraction of sp³-hybridized carbons (Fsp3) is 0.412. The molecule has 116 valence electrons. The summed E-state index contributed by atoms with van der Waals surface area (Å²) in [5.41, 5.74) is 1.38. The Morgan fingerprint density at radius 1 is 1.32 bits per heavy atom. The average Bonchev–Trinajstić information content (AvgIpc) is 2.49. The third-order valence-electron chi connectivity index (χ3n) is 4.55. The van der Waals surface area contributed by atoms with Gasteiger partial charge in [0.1, 0.15) is 5.56 Å². The van der Waals surface area contributed by atoms with Gasteiger partial charge in [0.2, 0.25) is 0 Å². The van der Waals surface area contributed by atoms with Crippen molar-refractivity contribution in [1.82, 2.24) is 15.6 Å². The molecule has 1 aromatic carbocycles. The summed E-state index contributed by atoms with van der Waals surface area (Å²) in [5, 5.41) is 7.19. The molecule has 5 nitrogen and oxygen atoms in total. The van der Waals surface area contributed by atoms with Crippen LogP contribution in [0.3, 0.4) is 0 Å². The van der Waals surface area contributed by atoms with E-state index in [-0.39, 0.29) is 23.1 Å². The van der Waals surface area contributed by atoms with Crippen LogP contribution >= 0.6 is 0 Å². The minimum Gasteiger partial charge on any atom is -0.348 e. The lowest BCUT2D eigenvalue weighted by Gasteiger charge is -2.30. The second-order valence-electron chi connectivity index (χ2n) is 6.05. The molecule has 1 aliphatic heterocycles. The molecule has 3 N–H and O–H groups in total. The Bertz CT molecular complexity index is 766. The minimum atomic E-state index is -0.329. The summed E-state index contributed by atoms with van der Waals surface area (Å²) in [6.07, 6.45) is 1.03. The van der Waals surface area contributed by atoms with E-state index in [1.165, 1.54) is 0 Å². The lowest BCUT2D eigenvalue weighted by molar-refractivity contribution is 0.0913. The number of nitrogens with one attached hydrogen (secondary N) is 3. The molecule has 1 saturated heterocycles. The van der Waals surface area contributed by atoms with E-state index in [1.807, 2.05) is 31.2 Å². The van der Waals surface area contributed by atoms with Gasteiger partial charge in [-0.3, -0.25) is 9.59 Å². The van der Waals surface area contributed by atoms with Crippen LogP contribution in [0.4, 0.5) is 0 Å². The molecule has 3 rings (SSSR count). The highest BCUT2D eigenvalue weighted by atomic mass is 16.2. The normalized spacial score (nSPS) is 21.7. The Labute approximate surface area is 129 Å².